The van der Waals surface area contributed by atoms with Crippen molar-refractivity contribution in [3.8, 4) is 0 Å². The van der Waals surface area contributed by atoms with E-state index in [-0.39, 0.29) is 5.54 Å². The summed E-state index contributed by atoms with van der Waals surface area (Å²) in [7, 11) is 0. The Balaban J connectivity index is 2.12. The molecule has 17 heavy (non-hydrogen) atoms. The molecule has 1 nitrogen and oxygen atoms in total. The van der Waals surface area contributed by atoms with E-state index >= 15 is 0 Å². The lowest BCUT2D eigenvalue weighted by Crippen LogP contribution is -2.39. The second kappa shape index (κ2) is 7.04. The molecule has 0 bridgehead atoms. The quantitative estimate of drug-likeness (QED) is 0.787. The zero-order chi connectivity index (χ0) is 12.9. The summed E-state index contributed by atoms with van der Waals surface area (Å²) < 4.78 is 0. The summed E-state index contributed by atoms with van der Waals surface area (Å²) in [6.07, 6.45) is 5.81. The van der Waals surface area contributed by atoms with Gasteiger partial charge < -0.3 is 5.32 Å². The highest BCUT2D eigenvalue weighted by atomic mass is 32.2. The van der Waals surface area contributed by atoms with Gasteiger partial charge in [0.05, 0.1) is 0 Å². The first kappa shape index (κ1) is 15.4. The minimum atomic E-state index is 0.262. The largest absolute Gasteiger partial charge is 0.312 e. The molecule has 0 aromatic heterocycles. The predicted molar refractivity (Wildman–Crippen MR) is 80.8 cm³/mol. The molecule has 1 aliphatic carbocycles. The Labute approximate surface area is 113 Å². The zero-order valence-corrected chi connectivity index (χ0v) is 13.2. The van der Waals surface area contributed by atoms with Gasteiger partial charge in [0, 0.05) is 10.8 Å². The van der Waals surface area contributed by atoms with E-state index in [4.69, 9.17) is 0 Å². The maximum atomic E-state index is 3.60. The number of thioether (sulfide) groups is 1. The third-order valence-corrected chi connectivity index (χ3v) is 5.15. The van der Waals surface area contributed by atoms with Gasteiger partial charge in [0.25, 0.3) is 0 Å². The van der Waals surface area contributed by atoms with Crippen molar-refractivity contribution in [2.75, 3.05) is 12.3 Å². The highest BCUT2D eigenvalue weighted by Crippen LogP contribution is 2.32. The van der Waals surface area contributed by atoms with E-state index in [1.165, 1.54) is 31.4 Å². The maximum Gasteiger partial charge on any atom is 0.00966 e. The van der Waals surface area contributed by atoms with Crippen LogP contribution in [0.3, 0.4) is 0 Å². The van der Waals surface area contributed by atoms with Crippen molar-refractivity contribution >= 4 is 11.8 Å². The van der Waals surface area contributed by atoms with E-state index in [0.717, 1.165) is 23.6 Å². The van der Waals surface area contributed by atoms with Crippen molar-refractivity contribution in [2.45, 2.75) is 71.1 Å². The molecule has 102 valence electrons. The molecule has 2 heteroatoms. The number of hydrogen-bond acceptors (Lipinski definition) is 2. The molecule has 0 radical (unpaired) electrons. The lowest BCUT2D eigenvalue weighted by atomic mass is 9.91. The van der Waals surface area contributed by atoms with Crippen LogP contribution in [-0.2, 0) is 0 Å². The second-order valence-electron chi connectivity index (χ2n) is 6.96. The van der Waals surface area contributed by atoms with E-state index in [0.29, 0.717) is 0 Å². The van der Waals surface area contributed by atoms with E-state index in [1.807, 2.05) is 0 Å². The van der Waals surface area contributed by atoms with Crippen LogP contribution in [0.5, 0.6) is 0 Å². The summed E-state index contributed by atoms with van der Waals surface area (Å²) in [5, 5.41) is 4.55. The van der Waals surface area contributed by atoms with Crippen molar-refractivity contribution < 1.29 is 0 Å². The van der Waals surface area contributed by atoms with Gasteiger partial charge in [-0.15, -0.1) is 0 Å². The van der Waals surface area contributed by atoms with Crippen LogP contribution in [0.1, 0.15) is 60.3 Å². The van der Waals surface area contributed by atoms with Crippen molar-refractivity contribution in [1.29, 1.82) is 0 Å². The van der Waals surface area contributed by atoms with Crippen LogP contribution in [0.2, 0.25) is 0 Å². The maximum absolute atomic E-state index is 3.60. The average molecular weight is 257 g/mol. The molecule has 0 saturated heterocycles. The average Bonchev–Trinajstić information content (AvgIpc) is 2.23. The van der Waals surface area contributed by atoms with Gasteiger partial charge in [0.1, 0.15) is 0 Å². The Kier molecular flexibility index (Phi) is 6.36. The lowest BCUT2D eigenvalue weighted by Gasteiger charge is -2.28. The fourth-order valence-electron chi connectivity index (χ4n) is 2.37. The van der Waals surface area contributed by atoms with E-state index in [1.54, 1.807) is 0 Å². The molecule has 0 amide bonds. The summed E-state index contributed by atoms with van der Waals surface area (Å²) in [6, 6.07) is 0. The Bertz CT molecular complexity index is 209. The Morgan fingerprint density at radius 2 is 2.00 bits per heavy atom. The van der Waals surface area contributed by atoms with Crippen molar-refractivity contribution in [3.63, 3.8) is 0 Å². The van der Waals surface area contributed by atoms with Crippen LogP contribution in [0, 0.1) is 11.8 Å². The number of nitrogens with one attached hydrogen (secondary N) is 1. The van der Waals surface area contributed by atoms with Crippen molar-refractivity contribution in [1.82, 2.24) is 5.32 Å². The van der Waals surface area contributed by atoms with E-state index in [9.17, 15) is 0 Å². The summed E-state index contributed by atoms with van der Waals surface area (Å²) in [5.74, 6) is 3.07. The third kappa shape index (κ3) is 7.35. The normalized spacial score (nSPS) is 28.1. The van der Waals surface area contributed by atoms with Crippen molar-refractivity contribution in [2.24, 2.45) is 11.8 Å². The van der Waals surface area contributed by atoms with Gasteiger partial charge in [-0.05, 0) is 57.7 Å². The topological polar surface area (TPSA) is 12.0 Å². The van der Waals surface area contributed by atoms with Gasteiger partial charge in [0.15, 0.2) is 0 Å². The van der Waals surface area contributed by atoms with Crippen LogP contribution < -0.4 is 5.32 Å². The Morgan fingerprint density at radius 3 is 2.59 bits per heavy atom. The monoisotopic (exact) mass is 257 g/mol. The fraction of sp³-hybridized carbons (Fsp3) is 1.00. The number of hydrogen-bond donors (Lipinski definition) is 1. The first-order valence-electron chi connectivity index (χ1n) is 7.23. The highest BCUT2D eigenvalue weighted by molar-refractivity contribution is 7.99. The summed E-state index contributed by atoms with van der Waals surface area (Å²) in [5.41, 5.74) is 0.262. The predicted octanol–water partition coefficient (Wildman–Crippen LogP) is 4.32. The SMILES string of the molecule is CC(CNC(C)(C)C)CSC1CCCC(C)C1. The summed E-state index contributed by atoms with van der Waals surface area (Å²) in [6.45, 7) is 12.7. The molecule has 1 saturated carbocycles. The molecule has 0 aliphatic heterocycles. The molecule has 0 aromatic rings. The third-order valence-electron chi connectivity index (χ3n) is 3.49. The Hall–Kier alpha value is 0.310. The first-order valence-corrected chi connectivity index (χ1v) is 8.28. The van der Waals surface area contributed by atoms with Crippen LogP contribution in [-0.4, -0.2) is 23.1 Å². The molecule has 0 spiro atoms. The molecule has 1 fully saturated rings. The van der Waals surface area contributed by atoms with Gasteiger partial charge in [0.2, 0.25) is 0 Å². The van der Waals surface area contributed by atoms with Gasteiger partial charge in [-0.2, -0.15) is 11.8 Å². The molecule has 3 unspecified atom stereocenters. The lowest BCUT2D eigenvalue weighted by molar-refractivity contribution is 0.388. The van der Waals surface area contributed by atoms with Gasteiger partial charge in [-0.1, -0.05) is 26.7 Å². The molecule has 1 N–H and O–H groups in total. The molecule has 3 atom stereocenters. The molecule has 1 aliphatic rings. The van der Waals surface area contributed by atoms with Gasteiger partial charge >= 0.3 is 0 Å². The minimum absolute atomic E-state index is 0.262. The zero-order valence-electron chi connectivity index (χ0n) is 12.4. The van der Waals surface area contributed by atoms with E-state index < -0.39 is 0 Å². The molecule has 0 heterocycles. The van der Waals surface area contributed by atoms with Crippen LogP contribution in [0.15, 0.2) is 0 Å². The molecule has 1 rings (SSSR count). The van der Waals surface area contributed by atoms with Gasteiger partial charge in [-0.3, -0.25) is 0 Å². The van der Waals surface area contributed by atoms with Crippen molar-refractivity contribution in [3.05, 3.63) is 0 Å². The summed E-state index contributed by atoms with van der Waals surface area (Å²) >= 11 is 2.22. The second-order valence-corrected chi connectivity index (χ2v) is 8.30. The van der Waals surface area contributed by atoms with Crippen LogP contribution in [0.25, 0.3) is 0 Å². The molecular formula is C15H31NS. The minimum Gasteiger partial charge on any atom is -0.312 e. The number of rotatable bonds is 5. The van der Waals surface area contributed by atoms with Gasteiger partial charge in [-0.25, -0.2) is 0 Å². The molecule has 0 aromatic carbocycles. The smallest absolute Gasteiger partial charge is 0.00966 e. The van der Waals surface area contributed by atoms with Crippen LogP contribution >= 0.6 is 11.8 Å². The molecular weight excluding hydrogens is 226 g/mol. The standard InChI is InChI=1S/C15H31NS/c1-12-7-6-8-14(9-12)17-11-13(2)10-16-15(3,4)5/h12-14,16H,6-11H2,1-5H3. The highest BCUT2D eigenvalue weighted by Gasteiger charge is 2.20. The first-order chi connectivity index (χ1) is 7.87. The van der Waals surface area contributed by atoms with E-state index in [2.05, 4.69) is 51.7 Å². The Morgan fingerprint density at radius 1 is 1.29 bits per heavy atom. The summed E-state index contributed by atoms with van der Waals surface area (Å²) in [4.78, 5) is 0. The van der Waals surface area contributed by atoms with Crippen LogP contribution in [0.4, 0.5) is 0 Å². The fourth-order valence-corrected chi connectivity index (χ4v) is 3.89.